The molecule has 0 saturated carbocycles. The van der Waals surface area contributed by atoms with Crippen LogP contribution >= 0.6 is 47.8 Å². The van der Waals surface area contributed by atoms with Gasteiger partial charge in [-0.15, -0.1) is 0 Å². The maximum atomic E-state index is 9.93. The van der Waals surface area contributed by atoms with Crippen LogP contribution in [0.15, 0.2) is 86.2 Å². The van der Waals surface area contributed by atoms with Crippen molar-refractivity contribution < 1.29 is 16.9 Å². The molecule has 0 atom stereocenters. The monoisotopic (exact) mass is 714 g/mol. The van der Waals surface area contributed by atoms with Gasteiger partial charge in [0.25, 0.3) is 0 Å². The molecule has 1 nitrogen and oxygen atoms in total. The Labute approximate surface area is 191 Å². The minimum absolute atomic E-state index is 1.07. The molecule has 3 aromatic rings. The van der Waals surface area contributed by atoms with Crippen LogP contribution in [0.3, 0.4) is 0 Å². The quantitative estimate of drug-likeness (QED) is 0.145. The van der Waals surface area contributed by atoms with Gasteiger partial charge in [0, 0.05) is 49.8 Å². The second-order valence-electron chi connectivity index (χ2n) is 5.72. The van der Waals surface area contributed by atoms with Gasteiger partial charge in [0.2, 0.25) is 0 Å². The summed E-state index contributed by atoms with van der Waals surface area (Å²) < 4.78 is 62.8. The molecule has 157 valence electrons. The minimum atomic E-state index is -11.2. The molecule has 0 unspecified atom stereocenters. The zero-order valence-corrected chi connectivity index (χ0v) is 21.5. The number of halogens is 9. The first-order valence-electron chi connectivity index (χ1n) is 7.72. The summed E-state index contributed by atoms with van der Waals surface area (Å²) in [5.74, 6) is 0. The van der Waals surface area contributed by atoms with E-state index in [1.165, 1.54) is 0 Å². The van der Waals surface area contributed by atoms with E-state index in [4.69, 9.17) is 0 Å². The Morgan fingerprint density at radius 1 is 0.448 bits per heavy atom. The Kier molecular flexibility index (Phi) is 7.28. The fourth-order valence-corrected chi connectivity index (χ4v) is 3.01. The summed E-state index contributed by atoms with van der Waals surface area (Å²) in [7, 11) is 0. The van der Waals surface area contributed by atoms with Crippen molar-refractivity contribution in [3.63, 3.8) is 0 Å². The predicted molar refractivity (Wildman–Crippen MR) is 116 cm³/mol. The van der Waals surface area contributed by atoms with E-state index >= 15 is 0 Å². The van der Waals surface area contributed by atoms with E-state index in [-0.39, 0.29) is 0 Å². The summed E-state index contributed by atoms with van der Waals surface area (Å²) in [5, 5.41) is 0. The molecule has 0 aliphatic heterocycles. The summed E-state index contributed by atoms with van der Waals surface area (Å²) in [5.41, 5.74) is 3.36. The summed E-state index contributed by atoms with van der Waals surface area (Å²) in [6.07, 6.45) is 0. The Morgan fingerprint density at radius 2 is 0.621 bits per heavy atom. The molecule has 0 aromatic heterocycles. The fourth-order valence-electron chi connectivity index (χ4n) is 2.22. The van der Waals surface area contributed by atoms with E-state index in [1.807, 2.05) is 0 Å². The Morgan fingerprint density at radius 3 is 0.793 bits per heavy atom. The third-order valence-corrected chi connectivity index (χ3v) is 4.84. The van der Waals surface area contributed by atoms with E-state index < -0.39 is 19.5 Å². The van der Waals surface area contributed by atoms with Crippen LogP contribution in [0.1, 0.15) is 0 Å². The van der Waals surface area contributed by atoms with Gasteiger partial charge in [-0.05, 0) is 36.4 Å². The van der Waals surface area contributed by atoms with Gasteiger partial charge in [0.1, 0.15) is 0 Å². The summed E-state index contributed by atoms with van der Waals surface area (Å²) in [6.45, 7) is 0. The van der Waals surface area contributed by atoms with Crippen molar-refractivity contribution in [2.75, 3.05) is 0 Å². The van der Waals surface area contributed by atoms with Crippen molar-refractivity contribution in [2.24, 2.45) is 0 Å². The van der Waals surface area contributed by atoms with Gasteiger partial charge >= 0.3 is 36.4 Å². The number of benzene rings is 3. The zero-order chi connectivity index (χ0) is 21.9. The molecule has 0 aliphatic rings. The standard InChI is InChI=1S/C18H12Br3N.6FH.Sb/c19-13-1-7-16(8-2-13)22(17-9-3-14(20)4-10-17)18-11-5-15(21)6-12-18;;;;;;;/h1-12H;6*1H;/q+1;;;;;;;+5/p-6. The van der Waals surface area contributed by atoms with Gasteiger partial charge in [-0.25, -0.2) is 0 Å². The average molecular weight is 718 g/mol. The number of rotatable bonds is 3. The van der Waals surface area contributed by atoms with Crippen LogP contribution in [-0.4, -0.2) is 19.5 Å². The summed E-state index contributed by atoms with van der Waals surface area (Å²) in [6, 6.07) is 25.0. The normalized spacial score (nSPS) is 13.9. The van der Waals surface area contributed by atoms with Crippen molar-refractivity contribution in [2.45, 2.75) is 0 Å². The first-order chi connectivity index (χ1) is 13.1. The van der Waals surface area contributed by atoms with E-state index in [1.54, 1.807) is 0 Å². The molecule has 0 saturated heterocycles. The Bertz CT molecular complexity index is 841. The second kappa shape index (κ2) is 8.53. The van der Waals surface area contributed by atoms with Gasteiger partial charge in [0.15, 0.2) is 17.1 Å². The molecular formula is C18H12Br3F6NSb. The van der Waals surface area contributed by atoms with E-state index in [0.717, 1.165) is 30.5 Å². The predicted octanol–water partition coefficient (Wildman–Crippen LogP) is 9.55. The van der Waals surface area contributed by atoms with Crippen LogP contribution in [0, 0.1) is 0 Å². The third-order valence-electron chi connectivity index (χ3n) is 3.25. The first kappa shape index (κ1) is 24.7. The zero-order valence-electron chi connectivity index (χ0n) is 14.2. The van der Waals surface area contributed by atoms with Crippen molar-refractivity contribution >= 4 is 84.3 Å². The van der Waals surface area contributed by atoms with Gasteiger partial charge < -0.3 is 0 Å². The molecule has 0 heterocycles. The third kappa shape index (κ3) is 10.4. The first-order valence-corrected chi connectivity index (χ1v) is 15.9. The molecule has 29 heavy (non-hydrogen) atoms. The van der Waals surface area contributed by atoms with Gasteiger partial charge in [-0.1, -0.05) is 52.7 Å². The number of nitrogens with zero attached hydrogens (tertiary/aromatic N) is 1. The van der Waals surface area contributed by atoms with E-state index in [0.29, 0.717) is 0 Å². The molecule has 0 amide bonds. The molecule has 0 aliphatic carbocycles. The SMILES string of the molecule is Brc1ccc([N+](c2ccc(Br)cc2)c2ccc(Br)cc2)cc1.[F][Sb-]([F])([F])([F])([F])[F]. The number of anilines is 3. The molecule has 3 aromatic carbocycles. The van der Waals surface area contributed by atoms with E-state index in [9.17, 15) is 16.9 Å². The van der Waals surface area contributed by atoms with Crippen LogP contribution in [0.25, 0.3) is 0 Å². The van der Waals surface area contributed by atoms with Crippen LogP contribution in [0.2, 0.25) is 0 Å². The van der Waals surface area contributed by atoms with Crippen LogP contribution in [0.4, 0.5) is 33.9 Å². The molecule has 11 heteroatoms. The van der Waals surface area contributed by atoms with Crippen LogP contribution < -0.4 is 4.90 Å². The van der Waals surface area contributed by atoms with Crippen LogP contribution in [-0.2, 0) is 0 Å². The van der Waals surface area contributed by atoms with Crippen LogP contribution in [0.5, 0.6) is 0 Å². The van der Waals surface area contributed by atoms with Gasteiger partial charge in [-0.3, -0.25) is 0 Å². The van der Waals surface area contributed by atoms with Crippen molar-refractivity contribution in [3.05, 3.63) is 86.2 Å². The summed E-state index contributed by atoms with van der Waals surface area (Å²) in [4.78, 5) is 2.23. The van der Waals surface area contributed by atoms with Gasteiger partial charge in [0.05, 0.1) is 0 Å². The second-order valence-corrected chi connectivity index (χ2v) is 13.9. The Balaban J connectivity index is 0.000000370. The van der Waals surface area contributed by atoms with Crippen molar-refractivity contribution in [3.8, 4) is 0 Å². The Hall–Kier alpha value is -0.542. The molecule has 0 spiro atoms. The summed E-state index contributed by atoms with van der Waals surface area (Å²) >= 11 is -0.764. The number of hydrogen-bond donors (Lipinski definition) is 0. The van der Waals surface area contributed by atoms with E-state index in [2.05, 4.69) is 125 Å². The molecular weight excluding hydrogens is 706 g/mol. The molecule has 3 rings (SSSR count). The van der Waals surface area contributed by atoms with Gasteiger partial charge in [-0.2, -0.15) is 0 Å². The topological polar surface area (TPSA) is 5.90 Å². The fraction of sp³-hybridized carbons (Fsp3) is 0. The maximum absolute atomic E-state index is 11.2. The average Bonchev–Trinajstić information content (AvgIpc) is 2.57. The molecule has 0 fully saturated rings. The van der Waals surface area contributed by atoms with Crippen molar-refractivity contribution in [1.29, 1.82) is 0 Å². The number of hydrogen-bond acceptors (Lipinski definition) is 1. The molecule has 1 radical (unpaired) electrons. The molecule has 0 N–H and O–H groups in total. The molecule has 0 bridgehead atoms. The van der Waals surface area contributed by atoms with Crippen molar-refractivity contribution in [1.82, 2.24) is 4.90 Å².